The molecule has 1 aromatic rings. The van der Waals surface area contributed by atoms with E-state index in [9.17, 15) is 24.3 Å². The van der Waals surface area contributed by atoms with Crippen LogP contribution in [0.25, 0.3) is 0 Å². The molecule has 3 heterocycles. The summed E-state index contributed by atoms with van der Waals surface area (Å²) in [6.07, 6.45) is 1.39. The second kappa shape index (κ2) is 8.05. The first-order valence-corrected chi connectivity index (χ1v) is 9.98. The minimum atomic E-state index is -1.25. The van der Waals surface area contributed by atoms with Crippen LogP contribution in [-0.2, 0) is 24.0 Å². The molecule has 29 heavy (non-hydrogen) atoms. The Labute approximate surface area is 172 Å². The van der Waals surface area contributed by atoms with E-state index in [1.54, 1.807) is 0 Å². The topological polar surface area (TPSA) is 164 Å². The molecule has 3 rings (SSSR count). The molecule has 0 saturated carbocycles. The van der Waals surface area contributed by atoms with Crippen molar-refractivity contribution in [2.45, 2.75) is 18.3 Å². The Hall–Kier alpha value is -3.19. The number of aliphatic carboxylic acids is 1. The number of carboxylic acid groups (broad SMARTS) is 1. The molecule has 2 aliphatic rings. The van der Waals surface area contributed by atoms with Gasteiger partial charge in [0, 0.05) is 18.1 Å². The van der Waals surface area contributed by atoms with E-state index in [0.717, 1.165) is 23.2 Å². The van der Waals surface area contributed by atoms with Crippen molar-refractivity contribution in [3.05, 3.63) is 35.0 Å². The second-order valence-corrected chi connectivity index (χ2v) is 7.83. The first-order valence-electron chi connectivity index (χ1n) is 8.06. The zero-order chi connectivity index (χ0) is 21.3. The molecule has 0 radical (unpaired) electrons. The highest BCUT2D eigenvalue weighted by atomic mass is 32.2. The third kappa shape index (κ3) is 3.86. The maximum absolute atomic E-state index is 12.7. The summed E-state index contributed by atoms with van der Waals surface area (Å²) < 4.78 is 0. The highest BCUT2D eigenvalue weighted by Gasteiger charge is 2.54. The van der Waals surface area contributed by atoms with E-state index < -0.39 is 35.2 Å². The van der Waals surface area contributed by atoms with Crippen molar-refractivity contribution in [1.82, 2.24) is 15.2 Å². The molecule has 2 atom stereocenters. The summed E-state index contributed by atoms with van der Waals surface area (Å²) in [7, 11) is 0. The van der Waals surface area contributed by atoms with Crippen LogP contribution in [0.15, 0.2) is 34.5 Å². The number of nitrogens with zero attached hydrogens (tertiary/aromatic N) is 3. The molecule has 1 saturated heterocycles. The van der Waals surface area contributed by atoms with Crippen LogP contribution in [-0.4, -0.2) is 61.6 Å². The number of anilines is 1. The van der Waals surface area contributed by atoms with Gasteiger partial charge in [-0.25, -0.2) is 14.6 Å². The number of nitrogens with two attached hydrogens (primary N) is 1. The molecular formula is C16H15N5O6S2. The van der Waals surface area contributed by atoms with Crippen LogP contribution in [0.2, 0.25) is 0 Å². The molecular weight excluding hydrogens is 422 g/mol. The van der Waals surface area contributed by atoms with Gasteiger partial charge in [-0.15, -0.1) is 23.1 Å². The molecule has 13 heteroatoms. The zero-order valence-electron chi connectivity index (χ0n) is 14.9. The number of oxime groups is 1. The van der Waals surface area contributed by atoms with Gasteiger partial charge < -0.3 is 21.0 Å². The van der Waals surface area contributed by atoms with E-state index >= 15 is 0 Å². The van der Waals surface area contributed by atoms with Gasteiger partial charge in [0.2, 0.25) is 0 Å². The van der Waals surface area contributed by atoms with Crippen molar-refractivity contribution >= 4 is 57.7 Å². The van der Waals surface area contributed by atoms with E-state index in [4.69, 9.17) is 5.73 Å². The standard InChI is InChI=1S/C16H15N5O6S2/c1-3-7-4-28-14-10(13(24)21(14)11(7)15(25)26)19-12(23)9(20-27-6(2)22)8-5-29-16(17)18-8/h3,5,10,14H,1,4H2,2H3,(H2,17,18)(H,19,23)(H,25,26)/t10?,14-/m1/s1. The lowest BCUT2D eigenvalue weighted by molar-refractivity contribution is -0.150. The number of carbonyl (C=O) groups is 4. The monoisotopic (exact) mass is 437 g/mol. The average molecular weight is 437 g/mol. The largest absolute Gasteiger partial charge is 0.477 e. The Kier molecular flexibility index (Phi) is 5.70. The number of β-lactam (4-membered cyclic amide) rings is 1. The van der Waals surface area contributed by atoms with Crippen LogP contribution in [0.4, 0.5) is 5.13 Å². The molecule has 2 amide bonds. The quantitative estimate of drug-likeness (QED) is 0.239. The fourth-order valence-corrected chi connectivity index (χ4v) is 4.61. The van der Waals surface area contributed by atoms with Gasteiger partial charge in [-0.3, -0.25) is 14.5 Å². The molecule has 4 N–H and O–H groups in total. The third-order valence-electron chi connectivity index (χ3n) is 3.98. The van der Waals surface area contributed by atoms with Gasteiger partial charge in [0.25, 0.3) is 11.8 Å². The van der Waals surface area contributed by atoms with Gasteiger partial charge >= 0.3 is 11.9 Å². The normalized spacial score (nSPS) is 21.2. The number of aromatic nitrogens is 1. The van der Waals surface area contributed by atoms with Crippen molar-refractivity contribution in [2.24, 2.45) is 5.16 Å². The Balaban J connectivity index is 1.82. The lowest BCUT2D eigenvalue weighted by Crippen LogP contribution is -2.71. The molecule has 0 aromatic carbocycles. The van der Waals surface area contributed by atoms with Gasteiger partial charge in [-0.05, 0) is 5.57 Å². The summed E-state index contributed by atoms with van der Waals surface area (Å²) in [6.45, 7) is 4.68. The van der Waals surface area contributed by atoms with Crippen molar-refractivity contribution in [2.75, 3.05) is 11.5 Å². The summed E-state index contributed by atoms with van der Waals surface area (Å²) in [6, 6.07) is -0.980. The van der Waals surface area contributed by atoms with Crippen LogP contribution in [0.3, 0.4) is 0 Å². The Morgan fingerprint density at radius 1 is 1.52 bits per heavy atom. The van der Waals surface area contributed by atoms with Crippen molar-refractivity contribution < 1.29 is 29.1 Å². The van der Waals surface area contributed by atoms with Gasteiger partial charge in [0.1, 0.15) is 22.8 Å². The number of thiazole rings is 1. The molecule has 152 valence electrons. The number of thioether (sulfide) groups is 1. The highest BCUT2D eigenvalue weighted by Crippen LogP contribution is 2.40. The highest BCUT2D eigenvalue weighted by molar-refractivity contribution is 8.00. The van der Waals surface area contributed by atoms with E-state index in [2.05, 4.69) is 26.9 Å². The minimum Gasteiger partial charge on any atom is -0.477 e. The van der Waals surface area contributed by atoms with E-state index in [1.165, 1.54) is 23.2 Å². The number of nitrogens with one attached hydrogen (secondary N) is 1. The second-order valence-electron chi connectivity index (χ2n) is 5.84. The molecule has 1 fully saturated rings. The molecule has 2 aliphatic heterocycles. The SMILES string of the molecule is C=CC1=C(C(=O)O)N2C(=O)C(NC(=O)C(=NOC(C)=O)c3csc(N)n3)[C@H]2SC1. The van der Waals surface area contributed by atoms with Crippen molar-refractivity contribution in [3.63, 3.8) is 0 Å². The number of carboxylic acids is 1. The predicted octanol–water partition coefficient (Wildman–Crippen LogP) is -0.0829. The van der Waals surface area contributed by atoms with Crippen LogP contribution < -0.4 is 11.1 Å². The van der Waals surface area contributed by atoms with Gasteiger partial charge in [-0.1, -0.05) is 17.8 Å². The third-order valence-corrected chi connectivity index (χ3v) is 5.95. The first-order chi connectivity index (χ1) is 13.7. The lowest BCUT2D eigenvalue weighted by Gasteiger charge is -2.49. The predicted molar refractivity (Wildman–Crippen MR) is 105 cm³/mol. The Morgan fingerprint density at radius 3 is 2.79 bits per heavy atom. The fraction of sp³-hybridized carbons (Fsp3) is 0.250. The maximum atomic E-state index is 12.7. The summed E-state index contributed by atoms with van der Waals surface area (Å²) >= 11 is 2.34. The summed E-state index contributed by atoms with van der Waals surface area (Å²) in [5.74, 6) is -3.08. The van der Waals surface area contributed by atoms with Gasteiger partial charge in [-0.2, -0.15) is 0 Å². The summed E-state index contributed by atoms with van der Waals surface area (Å²) in [4.78, 5) is 57.4. The van der Waals surface area contributed by atoms with Crippen LogP contribution in [0.1, 0.15) is 12.6 Å². The zero-order valence-corrected chi connectivity index (χ0v) is 16.6. The van der Waals surface area contributed by atoms with E-state index in [1.807, 2.05) is 0 Å². The minimum absolute atomic E-state index is 0.0752. The van der Waals surface area contributed by atoms with Crippen LogP contribution in [0.5, 0.6) is 0 Å². The average Bonchev–Trinajstić information content (AvgIpc) is 3.10. The number of amides is 2. The van der Waals surface area contributed by atoms with E-state index in [0.29, 0.717) is 11.3 Å². The Morgan fingerprint density at radius 2 is 2.24 bits per heavy atom. The molecule has 1 unspecified atom stereocenters. The molecule has 11 nitrogen and oxygen atoms in total. The number of hydrogen-bond donors (Lipinski definition) is 3. The molecule has 1 aromatic heterocycles. The number of rotatable bonds is 6. The number of hydrogen-bond acceptors (Lipinski definition) is 10. The number of nitrogen functional groups attached to an aromatic ring is 1. The first kappa shape index (κ1) is 20.5. The molecule has 0 bridgehead atoms. The number of carbonyl (C=O) groups excluding carboxylic acids is 3. The van der Waals surface area contributed by atoms with E-state index in [-0.39, 0.29) is 22.2 Å². The van der Waals surface area contributed by atoms with Gasteiger partial charge in [0.15, 0.2) is 10.8 Å². The fourth-order valence-electron chi connectivity index (χ4n) is 2.72. The van der Waals surface area contributed by atoms with Crippen LogP contribution >= 0.6 is 23.1 Å². The number of fused-ring (bicyclic) bond motifs is 1. The molecule has 0 spiro atoms. The number of allylic oxidation sites excluding steroid dienone is 1. The maximum Gasteiger partial charge on any atom is 0.352 e. The summed E-state index contributed by atoms with van der Waals surface area (Å²) in [5.41, 5.74) is 5.58. The van der Waals surface area contributed by atoms with Crippen molar-refractivity contribution in [1.29, 1.82) is 0 Å². The van der Waals surface area contributed by atoms with Gasteiger partial charge in [0.05, 0.1) is 0 Å². The van der Waals surface area contributed by atoms with Crippen LogP contribution in [0, 0.1) is 0 Å². The summed E-state index contributed by atoms with van der Waals surface area (Å²) in [5, 5.41) is 16.5. The smallest absolute Gasteiger partial charge is 0.352 e. The molecule has 0 aliphatic carbocycles. The lowest BCUT2D eigenvalue weighted by atomic mass is 10.0. The van der Waals surface area contributed by atoms with Crippen molar-refractivity contribution in [3.8, 4) is 0 Å². The Bertz CT molecular complexity index is 984.